The zero-order chi connectivity index (χ0) is 15.4. The van der Waals surface area contributed by atoms with Crippen molar-refractivity contribution in [2.24, 2.45) is 0 Å². The maximum absolute atomic E-state index is 12.1. The smallest absolute Gasteiger partial charge is 0.259 e. The van der Waals surface area contributed by atoms with Gasteiger partial charge in [0.15, 0.2) is 0 Å². The second-order valence-electron chi connectivity index (χ2n) is 5.02. The van der Waals surface area contributed by atoms with Crippen LogP contribution in [0.2, 0.25) is 0 Å². The highest BCUT2D eigenvalue weighted by Crippen LogP contribution is 2.26. The molecule has 0 radical (unpaired) electrons. The highest BCUT2D eigenvalue weighted by Gasteiger charge is 2.18. The molecule has 0 aliphatic heterocycles. The molecule has 1 aromatic heterocycles. The van der Waals surface area contributed by atoms with E-state index in [1.807, 2.05) is 26.0 Å². The fourth-order valence-electron chi connectivity index (χ4n) is 2.13. The first-order valence-corrected chi connectivity index (χ1v) is 6.71. The molecule has 2 rings (SSSR count). The van der Waals surface area contributed by atoms with Crippen LogP contribution in [0.1, 0.15) is 28.5 Å². The fraction of sp³-hybridized carbons (Fsp3) is 0.250. The van der Waals surface area contributed by atoms with Gasteiger partial charge in [-0.3, -0.25) is 9.78 Å². The number of benzene rings is 1. The number of carbonyl (C=O) groups is 1. The minimum atomic E-state index is -0.508. The first-order valence-electron chi connectivity index (χ1n) is 6.71. The Morgan fingerprint density at radius 1 is 1.24 bits per heavy atom. The predicted molar refractivity (Wildman–Crippen MR) is 79.4 cm³/mol. The minimum Gasteiger partial charge on any atom is -0.507 e. The van der Waals surface area contributed by atoms with Crippen LogP contribution in [-0.2, 0) is 6.42 Å². The molecule has 0 aliphatic carbocycles. The molecule has 1 atom stereocenters. The SMILES string of the molecule is Cc1cccnc1CC(C)NC(=O)c1c(O)cccc1O. The number of aryl methyl sites for hydroxylation is 1. The van der Waals surface area contributed by atoms with Crippen molar-refractivity contribution in [2.75, 3.05) is 0 Å². The lowest BCUT2D eigenvalue weighted by molar-refractivity contribution is 0.0934. The summed E-state index contributed by atoms with van der Waals surface area (Å²) in [6.45, 7) is 3.81. The van der Waals surface area contributed by atoms with Gasteiger partial charge in [-0.25, -0.2) is 0 Å². The molecule has 110 valence electrons. The lowest BCUT2D eigenvalue weighted by Gasteiger charge is -2.15. The van der Waals surface area contributed by atoms with Gasteiger partial charge in [0, 0.05) is 24.4 Å². The Morgan fingerprint density at radius 2 is 1.90 bits per heavy atom. The lowest BCUT2D eigenvalue weighted by atomic mass is 10.1. The van der Waals surface area contributed by atoms with E-state index in [4.69, 9.17) is 0 Å². The van der Waals surface area contributed by atoms with Crippen LogP contribution in [0.5, 0.6) is 11.5 Å². The molecule has 2 aromatic rings. The van der Waals surface area contributed by atoms with Crippen LogP contribution < -0.4 is 5.32 Å². The number of aromatic hydroxyl groups is 2. The van der Waals surface area contributed by atoms with Crippen molar-refractivity contribution >= 4 is 5.91 Å². The molecule has 21 heavy (non-hydrogen) atoms. The van der Waals surface area contributed by atoms with Crippen LogP contribution in [0.15, 0.2) is 36.5 Å². The molecule has 1 heterocycles. The Hall–Kier alpha value is -2.56. The van der Waals surface area contributed by atoms with E-state index in [0.717, 1.165) is 11.3 Å². The third-order valence-electron chi connectivity index (χ3n) is 3.24. The van der Waals surface area contributed by atoms with E-state index >= 15 is 0 Å². The maximum Gasteiger partial charge on any atom is 0.259 e. The van der Waals surface area contributed by atoms with Crippen molar-refractivity contribution < 1.29 is 15.0 Å². The number of nitrogens with one attached hydrogen (secondary N) is 1. The van der Waals surface area contributed by atoms with Gasteiger partial charge in [-0.1, -0.05) is 12.1 Å². The van der Waals surface area contributed by atoms with Crippen molar-refractivity contribution in [2.45, 2.75) is 26.3 Å². The first-order chi connectivity index (χ1) is 9.99. The molecule has 3 N–H and O–H groups in total. The van der Waals surface area contributed by atoms with E-state index in [1.165, 1.54) is 18.2 Å². The Morgan fingerprint density at radius 3 is 2.52 bits per heavy atom. The van der Waals surface area contributed by atoms with Crippen molar-refractivity contribution in [1.29, 1.82) is 0 Å². The van der Waals surface area contributed by atoms with E-state index in [9.17, 15) is 15.0 Å². The summed E-state index contributed by atoms with van der Waals surface area (Å²) in [6.07, 6.45) is 2.29. The molecular formula is C16H18N2O3. The molecule has 5 heteroatoms. The molecule has 0 saturated heterocycles. The largest absolute Gasteiger partial charge is 0.507 e. The summed E-state index contributed by atoms with van der Waals surface area (Å²) in [7, 11) is 0. The number of carbonyl (C=O) groups excluding carboxylic acids is 1. The van der Waals surface area contributed by atoms with Crippen LogP contribution in [-0.4, -0.2) is 27.1 Å². The van der Waals surface area contributed by atoms with Gasteiger partial charge in [-0.2, -0.15) is 0 Å². The van der Waals surface area contributed by atoms with Gasteiger partial charge in [-0.05, 0) is 37.6 Å². The second kappa shape index (κ2) is 6.26. The van der Waals surface area contributed by atoms with E-state index < -0.39 is 5.91 Å². The maximum atomic E-state index is 12.1. The van der Waals surface area contributed by atoms with Gasteiger partial charge in [0.1, 0.15) is 17.1 Å². The summed E-state index contributed by atoms with van der Waals surface area (Å²) in [4.78, 5) is 16.4. The fourth-order valence-corrected chi connectivity index (χ4v) is 2.13. The third-order valence-corrected chi connectivity index (χ3v) is 3.24. The number of amides is 1. The molecule has 1 aromatic carbocycles. The predicted octanol–water partition coefficient (Wildman–Crippen LogP) is 2.16. The summed E-state index contributed by atoms with van der Waals surface area (Å²) in [5.74, 6) is -0.992. The van der Waals surface area contributed by atoms with Crippen LogP contribution in [0, 0.1) is 6.92 Å². The highest BCUT2D eigenvalue weighted by atomic mass is 16.3. The summed E-state index contributed by atoms with van der Waals surface area (Å²) in [5.41, 5.74) is 1.86. The van der Waals surface area contributed by atoms with Crippen molar-refractivity contribution in [3.8, 4) is 11.5 Å². The summed E-state index contributed by atoms with van der Waals surface area (Å²) in [5, 5.41) is 22.1. The zero-order valence-corrected chi connectivity index (χ0v) is 12.0. The van der Waals surface area contributed by atoms with Crippen molar-refractivity contribution in [3.63, 3.8) is 0 Å². The molecule has 0 saturated carbocycles. The summed E-state index contributed by atoms with van der Waals surface area (Å²) >= 11 is 0. The van der Waals surface area contributed by atoms with Gasteiger partial charge < -0.3 is 15.5 Å². The molecule has 0 spiro atoms. The summed E-state index contributed by atoms with van der Waals surface area (Å²) < 4.78 is 0. The molecule has 5 nitrogen and oxygen atoms in total. The second-order valence-corrected chi connectivity index (χ2v) is 5.02. The zero-order valence-electron chi connectivity index (χ0n) is 12.0. The van der Waals surface area contributed by atoms with Crippen LogP contribution in [0.4, 0.5) is 0 Å². The highest BCUT2D eigenvalue weighted by molar-refractivity contribution is 5.99. The minimum absolute atomic E-state index is 0.109. The lowest BCUT2D eigenvalue weighted by Crippen LogP contribution is -2.34. The molecule has 1 unspecified atom stereocenters. The van der Waals surface area contributed by atoms with Gasteiger partial charge in [0.05, 0.1) is 0 Å². The van der Waals surface area contributed by atoms with Gasteiger partial charge in [0.2, 0.25) is 0 Å². The van der Waals surface area contributed by atoms with Gasteiger partial charge >= 0.3 is 0 Å². The van der Waals surface area contributed by atoms with E-state index in [0.29, 0.717) is 6.42 Å². The molecule has 0 fully saturated rings. The van der Waals surface area contributed by atoms with Gasteiger partial charge in [-0.15, -0.1) is 0 Å². The molecule has 0 bridgehead atoms. The van der Waals surface area contributed by atoms with E-state index in [1.54, 1.807) is 6.20 Å². The average molecular weight is 286 g/mol. The molecule has 0 aliphatic rings. The first kappa shape index (κ1) is 14.8. The Bertz CT molecular complexity index is 635. The third kappa shape index (κ3) is 3.51. The molecular weight excluding hydrogens is 268 g/mol. The monoisotopic (exact) mass is 286 g/mol. The van der Waals surface area contributed by atoms with Crippen molar-refractivity contribution in [1.82, 2.24) is 10.3 Å². The number of aromatic nitrogens is 1. The number of pyridine rings is 1. The Kier molecular flexibility index (Phi) is 4.42. The molecule has 1 amide bonds. The number of hydrogen-bond acceptors (Lipinski definition) is 4. The Balaban J connectivity index is 2.08. The van der Waals surface area contributed by atoms with Crippen LogP contribution >= 0.6 is 0 Å². The number of rotatable bonds is 4. The topological polar surface area (TPSA) is 82.5 Å². The van der Waals surface area contributed by atoms with E-state index in [2.05, 4.69) is 10.3 Å². The Labute approximate surface area is 123 Å². The number of phenolic OH excluding ortho intramolecular Hbond substituents is 2. The van der Waals surface area contributed by atoms with E-state index in [-0.39, 0.29) is 23.1 Å². The van der Waals surface area contributed by atoms with Crippen molar-refractivity contribution in [3.05, 3.63) is 53.3 Å². The normalized spacial score (nSPS) is 11.9. The number of phenols is 2. The number of nitrogens with zero attached hydrogens (tertiary/aromatic N) is 1. The van der Waals surface area contributed by atoms with Crippen LogP contribution in [0.3, 0.4) is 0 Å². The van der Waals surface area contributed by atoms with Crippen LogP contribution in [0.25, 0.3) is 0 Å². The van der Waals surface area contributed by atoms with Gasteiger partial charge in [0.25, 0.3) is 5.91 Å². The average Bonchev–Trinajstić information content (AvgIpc) is 2.41. The summed E-state index contributed by atoms with van der Waals surface area (Å²) in [6, 6.07) is 7.85. The standard InChI is InChI=1S/C16H18N2O3/c1-10-5-4-8-17-12(10)9-11(2)18-16(21)15-13(19)6-3-7-14(15)20/h3-8,11,19-20H,9H2,1-2H3,(H,18,21). The number of hydrogen-bond donors (Lipinski definition) is 3. The quantitative estimate of drug-likeness (QED) is 0.804.